The summed E-state index contributed by atoms with van der Waals surface area (Å²) in [7, 11) is 0. The van der Waals surface area contributed by atoms with Crippen molar-refractivity contribution in [3.63, 3.8) is 0 Å². The molecular formula is C10H11N5. The van der Waals surface area contributed by atoms with Crippen LogP contribution in [0, 0.1) is 0 Å². The highest BCUT2D eigenvalue weighted by Gasteiger charge is 2.27. The van der Waals surface area contributed by atoms with Crippen molar-refractivity contribution in [2.45, 2.75) is 18.8 Å². The Morgan fingerprint density at radius 1 is 1.33 bits per heavy atom. The molecule has 1 aliphatic carbocycles. The van der Waals surface area contributed by atoms with Gasteiger partial charge in [-0.3, -0.25) is 5.10 Å². The molecule has 2 heterocycles. The monoisotopic (exact) mass is 201 g/mol. The lowest BCUT2D eigenvalue weighted by Crippen LogP contribution is -1.89. The minimum atomic E-state index is 0.511. The Labute approximate surface area is 86.8 Å². The predicted molar refractivity (Wildman–Crippen MR) is 56.0 cm³/mol. The molecule has 1 saturated carbocycles. The number of H-pyrrole nitrogens is 1. The molecule has 0 aromatic carbocycles. The van der Waals surface area contributed by atoms with E-state index in [4.69, 9.17) is 5.73 Å². The number of nitrogens with one attached hydrogen (secondary N) is 1. The van der Waals surface area contributed by atoms with Crippen LogP contribution in [0.15, 0.2) is 18.3 Å². The van der Waals surface area contributed by atoms with Gasteiger partial charge in [-0.1, -0.05) is 0 Å². The largest absolute Gasteiger partial charge is 0.384 e. The lowest BCUT2D eigenvalue weighted by molar-refractivity contribution is 0.935. The Bertz CT molecular complexity index is 469. The number of nitrogens with zero attached hydrogens (tertiary/aromatic N) is 3. The number of aromatic nitrogens is 4. The van der Waals surface area contributed by atoms with E-state index in [1.54, 1.807) is 12.3 Å². The van der Waals surface area contributed by atoms with Crippen LogP contribution in [-0.4, -0.2) is 20.2 Å². The average Bonchev–Trinajstić information content (AvgIpc) is 2.99. The first-order chi connectivity index (χ1) is 7.33. The summed E-state index contributed by atoms with van der Waals surface area (Å²) in [6, 6.07) is 3.63. The molecule has 0 unspecified atom stereocenters. The van der Waals surface area contributed by atoms with Gasteiger partial charge in [0.05, 0.1) is 0 Å². The quantitative estimate of drug-likeness (QED) is 0.768. The predicted octanol–water partition coefficient (Wildman–Crippen LogP) is 1.33. The third-order valence-electron chi connectivity index (χ3n) is 2.51. The third kappa shape index (κ3) is 1.56. The van der Waals surface area contributed by atoms with Crippen molar-refractivity contribution >= 4 is 5.82 Å². The summed E-state index contributed by atoms with van der Waals surface area (Å²) in [5.41, 5.74) is 6.40. The number of nitrogens with two attached hydrogens (primary N) is 1. The number of rotatable bonds is 2. The van der Waals surface area contributed by atoms with Crippen LogP contribution in [0.3, 0.4) is 0 Å². The molecule has 15 heavy (non-hydrogen) atoms. The zero-order chi connectivity index (χ0) is 10.3. The fourth-order valence-corrected chi connectivity index (χ4v) is 1.48. The first kappa shape index (κ1) is 8.40. The number of hydrogen-bond donors (Lipinski definition) is 2. The van der Waals surface area contributed by atoms with E-state index in [-0.39, 0.29) is 0 Å². The minimum Gasteiger partial charge on any atom is -0.384 e. The Morgan fingerprint density at radius 2 is 2.20 bits per heavy atom. The van der Waals surface area contributed by atoms with Crippen molar-refractivity contribution in [1.29, 1.82) is 0 Å². The highest BCUT2D eigenvalue weighted by molar-refractivity contribution is 5.54. The van der Waals surface area contributed by atoms with E-state index in [1.807, 2.05) is 6.07 Å². The second-order valence-corrected chi connectivity index (χ2v) is 3.79. The molecule has 0 aliphatic heterocycles. The summed E-state index contributed by atoms with van der Waals surface area (Å²) in [4.78, 5) is 8.43. The first-order valence-electron chi connectivity index (χ1n) is 4.97. The van der Waals surface area contributed by atoms with Gasteiger partial charge in [0.25, 0.3) is 0 Å². The maximum absolute atomic E-state index is 5.51. The number of hydrogen-bond acceptors (Lipinski definition) is 4. The summed E-state index contributed by atoms with van der Waals surface area (Å²) in [5, 5.41) is 7.12. The molecule has 0 spiro atoms. The fraction of sp³-hybridized carbons (Fsp3) is 0.300. The Morgan fingerprint density at radius 3 is 2.87 bits per heavy atom. The van der Waals surface area contributed by atoms with Gasteiger partial charge >= 0.3 is 0 Å². The van der Waals surface area contributed by atoms with Crippen LogP contribution in [0.4, 0.5) is 5.82 Å². The molecule has 2 aromatic heterocycles. The SMILES string of the molecule is Nc1ccc(-c2n[nH]c(C3CC3)n2)cn1. The van der Waals surface area contributed by atoms with Crippen LogP contribution in [0.5, 0.6) is 0 Å². The van der Waals surface area contributed by atoms with Gasteiger partial charge < -0.3 is 5.73 Å². The van der Waals surface area contributed by atoms with Gasteiger partial charge in [-0.25, -0.2) is 9.97 Å². The normalized spacial score (nSPS) is 15.5. The van der Waals surface area contributed by atoms with Gasteiger partial charge in [0.1, 0.15) is 11.6 Å². The smallest absolute Gasteiger partial charge is 0.182 e. The average molecular weight is 201 g/mol. The molecule has 2 aromatic rings. The maximum atomic E-state index is 5.51. The lowest BCUT2D eigenvalue weighted by atomic mass is 10.3. The van der Waals surface area contributed by atoms with Crippen molar-refractivity contribution in [2.75, 3.05) is 5.73 Å². The summed E-state index contributed by atoms with van der Waals surface area (Å²) >= 11 is 0. The second kappa shape index (κ2) is 3.05. The fourth-order valence-electron chi connectivity index (χ4n) is 1.48. The Hall–Kier alpha value is -1.91. The van der Waals surface area contributed by atoms with Gasteiger partial charge in [-0.15, -0.1) is 0 Å². The zero-order valence-corrected chi connectivity index (χ0v) is 8.14. The van der Waals surface area contributed by atoms with E-state index in [0.29, 0.717) is 17.6 Å². The molecule has 1 aliphatic rings. The van der Waals surface area contributed by atoms with E-state index < -0.39 is 0 Å². The van der Waals surface area contributed by atoms with Gasteiger partial charge in [-0.2, -0.15) is 5.10 Å². The van der Waals surface area contributed by atoms with E-state index >= 15 is 0 Å². The molecule has 1 fully saturated rings. The van der Waals surface area contributed by atoms with Crippen LogP contribution in [0.25, 0.3) is 11.4 Å². The number of pyridine rings is 1. The number of nitrogen functional groups attached to an aromatic ring is 1. The van der Waals surface area contributed by atoms with Crippen molar-refractivity contribution in [3.8, 4) is 11.4 Å². The van der Waals surface area contributed by atoms with E-state index in [0.717, 1.165) is 11.4 Å². The van der Waals surface area contributed by atoms with Crippen LogP contribution in [0.1, 0.15) is 24.6 Å². The van der Waals surface area contributed by atoms with E-state index in [9.17, 15) is 0 Å². The minimum absolute atomic E-state index is 0.511. The van der Waals surface area contributed by atoms with Crippen molar-refractivity contribution < 1.29 is 0 Å². The highest BCUT2D eigenvalue weighted by atomic mass is 15.2. The summed E-state index contributed by atoms with van der Waals surface area (Å²) < 4.78 is 0. The van der Waals surface area contributed by atoms with Crippen molar-refractivity contribution in [2.24, 2.45) is 0 Å². The molecular weight excluding hydrogens is 190 g/mol. The van der Waals surface area contributed by atoms with Crippen LogP contribution >= 0.6 is 0 Å². The second-order valence-electron chi connectivity index (χ2n) is 3.79. The molecule has 0 atom stereocenters. The van der Waals surface area contributed by atoms with Crippen LogP contribution < -0.4 is 5.73 Å². The summed E-state index contributed by atoms with van der Waals surface area (Å²) in [5.74, 6) is 2.79. The summed E-state index contributed by atoms with van der Waals surface area (Å²) in [6.07, 6.45) is 4.12. The van der Waals surface area contributed by atoms with Gasteiger partial charge in [0.15, 0.2) is 5.82 Å². The van der Waals surface area contributed by atoms with Gasteiger partial charge in [-0.05, 0) is 25.0 Å². The molecule has 5 nitrogen and oxygen atoms in total. The standard InChI is InChI=1S/C10H11N5/c11-8-4-3-7(5-12-8)10-13-9(14-15-10)6-1-2-6/h3-6H,1-2H2,(H2,11,12)(H,13,14,15). The number of anilines is 1. The molecule has 0 radical (unpaired) electrons. The molecule has 3 N–H and O–H groups in total. The molecule has 76 valence electrons. The Balaban J connectivity index is 1.93. The van der Waals surface area contributed by atoms with Gasteiger partial charge in [0, 0.05) is 17.7 Å². The Kier molecular flexibility index (Phi) is 1.71. The third-order valence-corrected chi connectivity index (χ3v) is 2.51. The van der Waals surface area contributed by atoms with Gasteiger partial charge in [0.2, 0.25) is 0 Å². The maximum Gasteiger partial charge on any atom is 0.182 e. The molecule has 0 amide bonds. The molecule has 3 rings (SSSR count). The van der Waals surface area contributed by atoms with E-state index in [2.05, 4.69) is 20.2 Å². The van der Waals surface area contributed by atoms with Crippen molar-refractivity contribution in [1.82, 2.24) is 20.2 Å². The zero-order valence-electron chi connectivity index (χ0n) is 8.14. The number of aromatic amines is 1. The topological polar surface area (TPSA) is 80.5 Å². The van der Waals surface area contributed by atoms with Crippen LogP contribution in [-0.2, 0) is 0 Å². The molecule has 0 saturated heterocycles. The molecule has 5 heteroatoms. The first-order valence-corrected chi connectivity index (χ1v) is 4.97. The van der Waals surface area contributed by atoms with Crippen LogP contribution in [0.2, 0.25) is 0 Å². The van der Waals surface area contributed by atoms with E-state index in [1.165, 1.54) is 12.8 Å². The highest BCUT2D eigenvalue weighted by Crippen LogP contribution is 2.38. The lowest BCUT2D eigenvalue weighted by Gasteiger charge is -1.94. The van der Waals surface area contributed by atoms with Crippen molar-refractivity contribution in [3.05, 3.63) is 24.2 Å². The molecule has 0 bridgehead atoms. The summed E-state index contributed by atoms with van der Waals surface area (Å²) in [6.45, 7) is 0.